The van der Waals surface area contributed by atoms with Gasteiger partial charge in [-0.2, -0.15) is 0 Å². The van der Waals surface area contributed by atoms with Crippen molar-refractivity contribution in [3.8, 4) is 5.75 Å². The summed E-state index contributed by atoms with van der Waals surface area (Å²) < 4.78 is 5.31. The van der Waals surface area contributed by atoms with E-state index in [1.807, 2.05) is 48.5 Å². The first kappa shape index (κ1) is 13.3. The van der Waals surface area contributed by atoms with Crippen LogP contribution in [-0.4, -0.2) is 28.3 Å². The van der Waals surface area contributed by atoms with Gasteiger partial charge in [0.1, 0.15) is 12.4 Å². The third kappa shape index (κ3) is 3.27. The highest BCUT2D eigenvalue weighted by molar-refractivity contribution is 5.78. The van der Waals surface area contributed by atoms with Crippen LogP contribution in [0.4, 0.5) is 11.6 Å². The maximum Gasteiger partial charge on any atom is 0.227 e. The van der Waals surface area contributed by atoms with Gasteiger partial charge in [0.25, 0.3) is 0 Å². The van der Waals surface area contributed by atoms with Crippen LogP contribution in [0.3, 0.4) is 0 Å². The molecule has 106 valence electrons. The molecule has 0 bridgehead atoms. The quantitative estimate of drug-likeness (QED) is 0.752. The molecule has 0 aliphatic carbocycles. The van der Waals surface area contributed by atoms with Crippen LogP contribution in [0.1, 0.15) is 0 Å². The van der Waals surface area contributed by atoms with Crippen LogP contribution in [0.2, 0.25) is 0 Å². The molecule has 5 heteroatoms. The summed E-state index contributed by atoms with van der Waals surface area (Å²) in [7, 11) is 0. The average molecular weight is 281 g/mol. The molecule has 0 amide bonds. The zero-order valence-electron chi connectivity index (χ0n) is 11.4. The number of hydrogen-bond acceptors (Lipinski definition) is 5. The molecule has 5 nitrogen and oxygen atoms in total. The van der Waals surface area contributed by atoms with Gasteiger partial charge in [0, 0.05) is 17.3 Å². The number of ether oxygens (including phenoxy) is 1. The number of para-hydroxylation sites is 1. The van der Waals surface area contributed by atoms with Gasteiger partial charge >= 0.3 is 0 Å². The van der Waals surface area contributed by atoms with Crippen molar-refractivity contribution < 1.29 is 9.84 Å². The number of nitrogens with zero attached hydrogens (tertiary/aromatic N) is 2. The Hall–Kier alpha value is -2.66. The fourth-order valence-corrected chi connectivity index (χ4v) is 1.96. The Kier molecular flexibility index (Phi) is 3.93. The van der Waals surface area contributed by atoms with Gasteiger partial charge in [0.2, 0.25) is 5.95 Å². The Labute approximate surface area is 122 Å². The highest BCUT2D eigenvalue weighted by atomic mass is 16.5. The fraction of sp³-hybridized carbons (Fsp3) is 0.125. The number of aliphatic hydroxyl groups excluding tert-OH is 1. The lowest BCUT2D eigenvalue weighted by Crippen LogP contribution is -2.01. The molecule has 0 aliphatic rings. The first-order valence-corrected chi connectivity index (χ1v) is 6.68. The molecule has 0 fully saturated rings. The van der Waals surface area contributed by atoms with E-state index in [0.29, 0.717) is 18.3 Å². The fourth-order valence-electron chi connectivity index (χ4n) is 1.96. The summed E-state index contributed by atoms with van der Waals surface area (Å²) in [5.74, 6) is 1.27. The van der Waals surface area contributed by atoms with Crippen LogP contribution in [0, 0.1) is 0 Å². The van der Waals surface area contributed by atoms with Crippen LogP contribution in [0.5, 0.6) is 5.75 Å². The topological polar surface area (TPSA) is 67.3 Å². The van der Waals surface area contributed by atoms with E-state index in [1.54, 1.807) is 6.20 Å². The monoisotopic (exact) mass is 281 g/mol. The summed E-state index contributed by atoms with van der Waals surface area (Å²) in [6.45, 7) is 0.297. The van der Waals surface area contributed by atoms with E-state index >= 15 is 0 Å². The number of aromatic nitrogens is 2. The Morgan fingerprint density at radius 3 is 2.67 bits per heavy atom. The second-order valence-electron chi connectivity index (χ2n) is 4.47. The van der Waals surface area contributed by atoms with Crippen molar-refractivity contribution in [2.45, 2.75) is 0 Å². The average Bonchev–Trinajstić information content (AvgIpc) is 2.54. The predicted molar refractivity (Wildman–Crippen MR) is 81.8 cm³/mol. The van der Waals surface area contributed by atoms with Crippen molar-refractivity contribution in [3.05, 3.63) is 54.7 Å². The molecule has 1 aromatic heterocycles. The number of aliphatic hydroxyl groups is 1. The van der Waals surface area contributed by atoms with E-state index in [2.05, 4.69) is 15.3 Å². The maximum atomic E-state index is 8.71. The molecule has 0 saturated carbocycles. The summed E-state index contributed by atoms with van der Waals surface area (Å²) in [6, 6.07) is 15.3. The van der Waals surface area contributed by atoms with Crippen LogP contribution in [-0.2, 0) is 0 Å². The molecule has 1 heterocycles. The standard InChI is InChI=1S/C16H15N3O2/c20-9-10-21-14-7-5-13(6-8-14)18-16-17-11-12-3-1-2-4-15(12)19-16/h1-8,11,20H,9-10H2,(H,17,18,19). The molecule has 0 radical (unpaired) electrons. The third-order valence-electron chi connectivity index (χ3n) is 2.96. The van der Waals surface area contributed by atoms with Gasteiger partial charge in [-0.05, 0) is 30.3 Å². The first-order chi connectivity index (χ1) is 10.3. The number of rotatable bonds is 5. The molecule has 2 aromatic carbocycles. The number of anilines is 2. The maximum absolute atomic E-state index is 8.71. The number of hydrogen-bond donors (Lipinski definition) is 2. The van der Waals surface area contributed by atoms with Gasteiger partial charge in [-0.3, -0.25) is 0 Å². The van der Waals surface area contributed by atoms with Gasteiger partial charge in [-0.25, -0.2) is 9.97 Å². The van der Waals surface area contributed by atoms with Gasteiger partial charge < -0.3 is 15.2 Å². The lowest BCUT2D eigenvalue weighted by atomic mass is 10.2. The van der Waals surface area contributed by atoms with Gasteiger partial charge in [0.05, 0.1) is 12.1 Å². The van der Waals surface area contributed by atoms with E-state index in [0.717, 1.165) is 16.6 Å². The zero-order chi connectivity index (χ0) is 14.5. The second-order valence-corrected chi connectivity index (χ2v) is 4.47. The van der Waals surface area contributed by atoms with Crippen molar-refractivity contribution in [1.82, 2.24) is 9.97 Å². The molecule has 2 N–H and O–H groups in total. The highest BCUT2D eigenvalue weighted by Gasteiger charge is 2.01. The smallest absolute Gasteiger partial charge is 0.227 e. The zero-order valence-corrected chi connectivity index (χ0v) is 11.4. The first-order valence-electron chi connectivity index (χ1n) is 6.68. The number of fused-ring (bicyclic) bond motifs is 1. The predicted octanol–water partition coefficient (Wildman–Crippen LogP) is 2.74. The van der Waals surface area contributed by atoms with E-state index in [4.69, 9.17) is 9.84 Å². The minimum atomic E-state index is 0.00489. The molecule has 3 rings (SSSR count). The molecule has 3 aromatic rings. The Morgan fingerprint density at radius 1 is 1.05 bits per heavy atom. The lowest BCUT2D eigenvalue weighted by Gasteiger charge is -2.07. The van der Waals surface area contributed by atoms with Crippen LogP contribution in [0.15, 0.2) is 54.7 Å². The molecule has 0 unspecified atom stereocenters. The Balaban J connectivity index is 1.75. The van der Waals surface area contributed by atoms with E-state index in [9.17, 15) is 0 Å². The SMILES string of the molecule is OCCOc1ccc(Nc2ncc3ccccc3n2)cc1. The molecule has 0 atom stereocenters. The van der Waals surface area contributed by atoms with Crippen LogP contribution < -0.4 is 10.1 Å². The summed E-state index contributed by atoms with van der Waals surface area (Å²) in [4.78, 5) is 8.74. The van der Waals surface area contributed by atoms with Crippen molar-refractivity contribution in [2.24, 2.45) is 0 Å². The highest BCUT2D eigenvalue weighted by Crippen LogP contribution is 2.19. The summed E-state index contributed by atoms with van der Waals surface area (Å²) in [5, 5.41) is 12.9. The molecule has 0 saturated heterocycles. The molecule has 0 aliphatic heterocycles. The van der Waals surface area contributed by atoms with E-state index in [-0.39, 0.29) is 6.61 Å². The molecular formula is C16H15N3O2. The van der Waals surface area contributed by atoms with Crippen molar-refractivity contribution in [3.63, 3.8) is 0 Å². The Bertz CT molecular complexity index is 729. The third-order valence-corrected chi connectivity index (χ3v) is 2.96. The lowest BCUT2D eigenvalue weighted by molar-refractivity contribution is 0.201. The van der Waals surface area contributed by atoms with E-state index in [1.165, 1.54) is 0 Å². The summed E-state index contributed by atoms with van der Waals surface area (Å²) in [5.41, 5.74) is 1.78. The van der Waals surface area contributed by atoms with Crippen molar-refractivity contribution in [1.29, 1.82) is 0 Å². The van der Waals surface area contributed by atoms with Crippen LogP contribution >= 0.6 is 0 Å². The van der Waals surface area contributed by atoms with Crippen LogP contribution in [0.25, 0.3) is 10.9 Å². The normalized spacial score (nSPS) is 10.5. The second kappa shape index (κ2) is 6.19. The molecule has 0 spiro atoms. The van der Waals surface area contributed by atoms with Crippen molar-refractivity contribution >= 4 is 22.5 Å². The summed E-state index contributed by atoms with van der Waals surface area (Å²) in [6.07, 6.45) is 1.80. The number of nitrogens with one attached hydrogen (secondary N) is 1. The minimum absolute atomic E-state index is 0.00489. The minimum Gasteiger partial charge on any atom is -0.491 e. The summed E-state index contributed by atoms with van der Waals surface area (Å²) >= 11 is 0. The van der Waals surface area contributed by atoms with Crippen molar-refractivity contribution in [2.75, 3.05) is 18.5 Å². The largest absolute Gasteiger partial charge is 0.491 e. The van der Waals surface area contributed by atoms with Gasteiger partial charge in [0.15, 0.2) is 0 Å². The molecular weight excluding hydrogens is 266 g/mol. The van der Waals surface area contributed by atoms with E-state index < -0.39 is 0 Å². The van der Waals surface area contributed by atoms with Gasteiger partial charge in [-0.1, -0.05) is 18.2 Å². The Morgan fingerprint density at radius 2 is 1.86 bits per heavy atom. The van der Waals surface area contributed by atoms with Gasteiger partial charge in [-0.15, -0.1) is 0 Å². The number of benzene rings is 2. The molecule has 21 heavy (non-hydrogen) atoms.